The van der Waals surface area contributed by atoms with E-state index in [1.807, 2.05) is 64.1 Å². The molecule has 0 spiro atoms. The van der Waals surface area contributed by atoms with Gasteiger partial charge in [0.2, 0.25) is 5.91 Å². The van der Waals surface area contributed by atoms with Crippen LogP contribution in [0.1, 0.15) is 43.4 Å². The van der Waals surface area contributed by atoms with Gasteiger partial charge in [-0.15, -0.1) is 24.0 Å². The zero-order valence-corrected chi connectivity index (χ0v) is 21.4. The number of benzene rings is 1. The molecule has 0 saturated carbocycles. The average molecular weight is 542 g/mol. The first-order valence-electron chi connectivity index (χ1n) is 10.4. The molecule has 31 heavy (non-hydrogen) atoms. The number of aryl methyl sites for hydroxylation is 2. The van der Waals surface area contributed by atoms with Gasteiger partial charge in [0, 0.05) is 25.2 Å². The van der Waals surface area contributed by atoms with Crippen molar-refractivity contribution in [2.24, 2.45) is 4.99 Å². The molecule has 0 radical (unpaired) electrons. The number of nitrogens with zero attached hydrogens (tertiary/aromatic N) is 2. The maximum atomic E-state index is 12.7. The van der Waals surface area contributed by atoms with E-state index in [4.69, 9.17) is 4.42 Å². The van der Waals surface area contributed by atoms with Crippen molar-refractivity contribution in [1.82, 2.24) is 15.5 Å². The minimum absolute atomic E-state index is 0. The summed E-state index contributed by atoms with van der Waals surface area (Å²) in [5.41, 5.74) is 0.688. The summed E-state index contributed by atoms with van der Waals surface area (Å²) in [7, 11) is 0. The molecule has 1 aromatic heterocycles. The summed E-state index contributed by atoms with van der Waals surface area (Å²) in [5, 5.41) is 17.1. The molecule has 1 amide bonds. The van der Waals surface area contributed by atoms with Gasteiger partial charge >= 0.3 is 0 Å². The molecule has 8 heteroatoms. The average Bonchev–Trinajstić information content (AvgIpc) is 3.07. The van der Waals surface area contributed by atoms with Crippen molar-refractivity contribution in [2.45, 2.75) is 46.8 Å². The summed E-state index contributed by atoms with van der Waals surface area (Å²) in [4.78, 5) is 18.8. The molecule has 1 aromatic carbocycles. The van der Waals surface area contributed by atoms with Crippen molar-refractivity contribution in [3.8, 4) is 0 Å². The number of hydrogen-bond acceptors (Lipinski definition) is 4. The smallest absolute Gasteiger partial charge is 0.244 e. The molecule has 0 bridgehead atoms. The van der Waals surface area contributed by atoms with E-state index in [9.17, 15) is 9.90 Å². The number of likely N-dealkylation sites (N-methyl/N-ethyl adjacent to an activating group) is 1. The van der Waals surface area contributed by atoms with Crippen LogP contribution in [0.3, 0.4) is 0 Å². The SMILES string of the molecule is CCNC(=NCC(=O)N(CC)Cc1ccccc1)NCC(C)(O)c1cc(C)oc1C.I. The highest BCUT2D eigenvalue weighted by molar-refractivity contribution is 14.0. The lowest BCUT2D eigenvalue weighted by molar-refractivity contribution is -0.130. The Morgan fingerprint density at radius 1 is 1.19 bits per heavy atom. The lowest BCUT2D eigenvalue weighted by Gasteiger charge is -2.25. The first kappa shape index (κ1) is 27.0. The molecule has 1 heterocycles. The Kier molecular flexibility index (Phi) is 11.1. The maximum absolute atomic E-state index is 12.7. The number of carbonyl (C=O) groups is 1. The van der Waals surface area contributed by atoms with Gasteiger partial charge in [0.05, 0.1) is 6.54 Å². The third kappa shape index (κ3) is 8.17. The van der Waals surface area contributed by atoms with Crippen LogP contribution in [0.2, 0.25) is 0 Å². The first-order chi connectivity index (χ1) is 14.3. The summed E-state index contributed by atoms with van der Waals surface area (Å²) in [6.45, 7) is 11.4. The molecule has 1 unspecified atom stereocenters. The van der Waals surface area contributed by atoms with Crippen molar-refractivity contribution in [3.05, 3.63) is 59.0 Å². The van der Waals surface area contributed by atoms with Gasteiger partial charge in [-0.25, -0.2) is 4.99 Å². The first-order valence-corrected chi connectivity index (χ1v) is 10.4. The normalized spacial score (nSPS) is 13.2. The highest BCUT2D eigenvalue weighted by atomic mass is 127. The second kappa shape index (κ2) is 12.7. The van der Waals surface area contributed by atoms with E-state index in [1.54, 1.807) is 11.8 Å². The lowest BCUT2D eigenvalue weighted by atomic mass is 9.96. The van der Waals surface area contributed by atoms with Gasteiger partial charge in [-0.1, -0.05) is 30.3 Å². The number of amides is 1. The summed E-state index contributed by atoms with van der Waals surface area (Å²) in [6, 6.07) is 11.7. The minimum Gasteiger partial charge on any atom is -0.466 e. The van der Waals surface area contributed by atoms with E-state index < -0.39 is 5.60 Å². The molecule has 0 aliphatic heterocycles. The number of carbonyl (C=O) groups excluding carboxylic acids is 1. The Bertz CT molecular complexity index is 850. The molecule has 0 saturated heterocycles. The molecule has 7 nitrogen and oxygen atoms in total. The second-order valence-electron chi connectivity index (χ2n) is 7.54. The van der Waals surface area contributed by atoms with Gasteiger partial charge in [0.25, 0.3) is 0 Å². The van der Waals surface area contributed by atoms with Gasteiger partial charge in [-0.3, -0.25) is 4.79 Å². The van der Waals surface area contributed by atoms with Crippen LogP contribution >= 0.6 is 24.0 Å². The van der Waals surface area contributed by atoms with Crippen LogP contribution in [-0.2, 0) is 16.9 Å². The van der Waals surface area contributed by atoms with E-state index in [0.717, 1.165) is 16.9 Å². The predicted molar refractivity (Wildman–Crippen MR) is 135 cm³/mol. The van der Waals surface area contributed by atoms with Crippen molar-refractivity contribution in [2.75, 3.05) is 26.2 Å². The van der Waals surface area contributed by atoms with E-state index in [0.29, 0.717) is 31.4 Å². The van der Waals surface area contributed by atoms with Crippen molar-refractivity contribution >= 4 is 35.8 Å². The van der Waals surface area contributed by atoms with Crippen LogP contribution < -0.4 is 10.6 Å². The highest BCUT2D eigenvalue weighted by Crippen LogP contribution is 2.26. The zero-order chi connectivity index (χ0) is 22.1. The third-order valence-corrected chi connectivity index (χ3v) is 4.89. The summed E-state index contributed by atoms with van der Waals surface area (Å²) in [5.74, 6) is 1.88. The van der Waals surface area contributed by atoms with Gasteiger partial charge in [-0.2, -0.15) is 0 Å². The Balaban J connectivity index is 0.00000480. The number of aliphatic hydroxyl groups is 1. The quantitative estimate of drug-likeness (QED) is 0.257. The monoisotopic (exact) mass is 542 g/mol. The molecule has 3 N–H and O–H groups in total. The van der Waals surface area contributed by atoms with Gasteiger partial charge in [-0.05, 0) is 46.2 Å². The highest BCUT2D eigenvalue weighted by Gasteiger charge is 2.28. The Morgan fingerprint density at radius 3 is 2.42 bits per heavy atom. The fraction of sp³-hybridized carbons (Fsp3) is 0.478. The third-order valence-electron chi connectivity index (χ3n) is 4.89. The largest absolute Gasteiger partial charge is 0.466 e. The van der Waals surface area contributed by atoms with E-state index in [-0.39, 0.29) is 43.0 Å². The zero-order valence-electron chi connectivity index (χ0n) is 19.1. The van der Waals surface area contributed by atoms with Gasteiger partial charge < -0.3 is 25.1 Å². The Labute approximate surface area is 202 Å². The predicted octanol–water partition coefficient (Wildman–Crippen LogP) is 3.33. The molecular formula is C23H35IN4O3. The van der Waals surface area contributed by atoms with Crippen LogP contribution in [0.5, 0.6) is 0 Å². The molecule has 1 atom stereocenters. The van der Waals surface area contributed by atoms with Crippen LogP contribution in [0, 0.1) is 13.8 Å². The number of rotatable bonds is 9. The second-order valence-corrected chi connectivity index (χ2v) is 7.54. The number of halogens is 1. The van der Waals surface area contributed by atoms with Crippen molar-refractivity contribution in [3.63, 3.8) is 0 Å². The van der Waals surface area contributed by atoms with E-state index >= 15 is 0 Å². The van der Waals surface area contributed by atoms with Crippen LogP contribution in [-0.4, -0.2) is 48.1 Å². The topological polar surface area (TPSA) is 90.1 Å². The van der Waals surface area contributed by atoms with Crippen LogP contribution in [0.25, 0.3) is 0 Å². The van der Waals surface area contributed by atoms with Gasteiger partial charge in [0.1, 0.15) is 23.7 Å². The molecule has 2 aromatic rings. The van der Waals surface area contributed by atoms with Crippen molar-refractivity contribution < 1.29 is 14.3 Å². The fourth-order valence-corrected chi connectivity index (χ4v) is 3.29. The van der Waals surface area contributed by atoms with Crippen LogP contribution in [0.4, 0.5) is 0 Å². The number of hydrogen-bond donors (Lipinski definition) is 3. The lowest BCUT2D eigenvalue weighted by Crippen LogP contribution is -2.45. The van der Waals surface area contributed by atoms with Crippen LogP contribution in [0.15, 0.2) is 45.8 Å². The number of nitrogens with one attached hydrogen (secondary N) is 2. The molecule has 0 aliphatic rings. The summed E-state index contributed by atoms with van der Waals surface area (Å²) < 4.78 is 5.54. The molecule has 172 valence electrons. The molecule has 2 rings (SSSR count). The number of aliphatic imine (C=N–C) groups is 1. The summed E-state index contributed by atoms with van der Waals surface area (Å²) >= 11 is 0. The number of guanidine groups is 1. The standard InChI is InChI=1S/C23H34N4O3.HI/c1-6-24-22(26-16-23(5,29)20-13-17(3)30-18(20)4)25-14-21(28)27(7-2)15-19-11-9-8-10-12-19;/h8-13,29H,6-7,14-16H2,1-5H3,(H2,24,25,26);1H. The Morgan fingerprint density at radius 2 is 1.87 bits per heavy atom. The van der Waals surface area contributed by atoms with Gasteiger partial charge in [0.15, 0.2) is 5.96 Å². The molecule has 0 fully saturated rings. The molecule has 0 aliphatic carbocycles. The molecular weight excluding hydrogens is 507 g/mol. The minimum atomic E-state index is -1.13. The van der Waals surface area contributed by atoms with Crippen molar-refractivity contribution in [1.29, 1.82) is 0 Å². The maximum Gasteiger partial charge on any atom is 0.244 e. The summed E-state index contributed by atoms with van der Waals surface area (Å²) in [6.07, 6.45) is 0. The Hall–Kier alpha value is -2.07. The van der Waals surface area contributed by atoms with E-state index in [1.165, 1.54) is 0 Å². The van der Waals surface area contributed by atoms with E-state index in [2.05, 4.69) is 15.6 Å². The fourth-order valence-electron chi connectivity index (χ4n) is 3.29. The number of furan rings is 1.